The maximum Gasteiger partial charge on any atom is 0.325 e. The van der Waals surface area contributed by atoms with Gasteiger partial charge in [-0.1, -0.05) is 39.7 Å². The fourth-order valence-electron chi connectivity index (χ4n) is 2.68. The third kappa shape index (κ3) is 5.61. The van der Waals surface area contributed by atoms with Crippen LogP contribution in [0.4, 0.5) is 4.79 Å². The molecule has 0 bridgehead atoms. The Balaban J connectivity index is 1.80. The Labute approximate surface area is 196 Å². The first-order valence-corrected chi connectivity index (χ1v) is 10.9. The molecule has 162 valence electrons. The molecule has 2 aromatic rings. The number of hydrogen-bond acceptors (Lipinski definition) is 7. The molecule has 0 atom stereocenters. The van der Waals surface area contributed by atoms with Crippen molar-refractivity contribution in [2.75, 3.05) is 20.8 Å². The summed E-state index contributed by atoms with van der Waals surface area (Å²) in [6.45, 7) is -0.152. The minimum Gasteiger partial charge on any atom is -0.493 e. The van der Waals surface area contributed by atoms with Crippen LogP contribution in [0.3, 0.4) is 0 Å². The maximum atomic E-state index is 12.5. The number of imide groups is 1. The number of hydrogen-bond donors (Lipinski definition) is 0. The van der Waals surface area contributed by atoms with Gasteiger partial charge in [-0.25, -0.2) is 0 Å². The van der Waals surface area contributed by atoms with Crippen molar-refractivity contribution in [1.29, 1.82) is 0 Å². The standard InChI is InChI=1S/C21H17BrClNO6S/c1-28-16-8-13(9-17-20(26)24(21(27)31-17)10-18(25)29-2)7-15(23)19(16)30-11-12-3-5-14(22)6-4-12/h3-9H,10-11H2,1-2H3/b17-9-. The molecule has 0 aromatic heterocycles. The lowest BCUT2D eigenvalue weighted by Crippen LogP contribution is -2.34. The van der Waals surface area contributed by atoms with Gasteiger partial charge in [0, 0.05) is 4.47 Å². The summed E-state index contributed by atoms with van der Waals surface area (Å²) < 4.78 is 16.7. The van der Waals surface area contributed by atoms with Gasteiger partial charge in [0.2, 0.25) is 0 Å². The molecule has 3 rings (SSSR count). The number of methoxy groups -OCH3 is 2. The van der Waals surface area contributed by atoms with Crippen LogP contribution in [0.2, 0.25) is 5.02 Å². The molecule has 0 saturated carbocycles. The summed E-state index contributed by atoms with van der Waals surface area (Å²) in [6, 6.07) is 10.9. The third-order valence-electron chi connectivity index (χ3n) is 4.23. The van der Waals surface area contributed by atoms with Crippen molar-refractivity contribution in [3.8, 4) is 11.5 Å². The first-order valence-electron chi connectivity index (χ1n) is 8.89. The van der Waals surface area contributed by atoms with Gasteiger partial charge in [0.15, 0.2) is 11.5 Å². The van der Waals surface area contributed by atoms with Crippen molar-refractivity contribution < 1.29 is 28.6 Å². The molecule has 2 amide bonds. The maximum absolute atomic E-state index is 12.5. The lowest BCUT2D eigenvalue weighted by Gasteiger charge is -2.14. The van der Waals surface area contributed by atoms with Gasteiger partial charge >= 0.3 is 5.97 Å². The number of nitrogens with zero attached hydrogens (tertiary/aromatic N) is 1. The number of carbonyl (C=O) groups excluding carboxylic acids is 3. The van der Waals surface area contributed by atoms with Crippen LogP contribution in [0.25, 0.3) is 6.08 Å². The van der Waals surface area contributed by atoms with Crippen LogP contribution < -0.4 is 9.47 Å². The second-order valence-electron chi connectivity index (χ2n) is 6.29. The fourth-order valence-corrected chi connectivity index (χ4v) is 4.06. The molecule has 1 heterocycles. The number of rotatable bonds is 7. The molecule has 2 aromatic carbocycles. The van der Waals surface area contributed by atoms with E-state index >= 15 is 0 Å². The Hall–Kier alpha value is -2.49. The Kier molecular flexibility index (Phi) is 7.64. The van der Waals surface area contributed by atoms with Crippen molar-refractivity contribution in [2.24, 2.45) is 0 Å². The summed E-state index contributed by atoms with van der Waals surface area (Å²) in [6.07, 6.45) is 1.51. The van der Waals surface area contributed by atoms with Gasteiger partial charge < -0.3 is 14.2 Å². The highest BCUT2D eigenvalue weighted by molar-refractivity contribution is 9.10. The average molecular weight is 527 g/mol. The molecule has 0 aliphatic carbocycles. The number of carbonyl (C=O) groups is 3. The zero-order chi connectivity index (χ0) is 22.5. The van der Waals surface area contributed by atoms with Crippen molar-refractivity contribution in [3.05, 3.63) is 61.9 Å². The second-order valence-corrected chi connectivity index (χ2v) is 8.61. The number of ether oxygens (including phenoxy) is 3. The summed E-state index contributed by atoms with van der Waals surface area (Å²) in [4.78, 5) is 37.0. The van der Waals surface area contributed by atoms with E-state index in [0.717, 1.165) is 26.7 Å². The molecule has 0 N–H and O–H groups in total. The number of amides is 2. The predicted octanol–water partition coefficient (Wildman–Crippen LogP) is 4.90. The monoisotopic (exact) mass is 525 g/mol. The Morgan fingerprint density at radius 2 is 1.90 bits per heavy atom. The summed E-state index contributed by atoms with van der Waals surface area (Å²) in [5.74, 6) is -0.515. The minimum absolute atomic E-state index is 0.163. The summed E-state index contributed by atoms with van der Waals surface area (Å²) in [7, 11) is 2.66. The second kappa shape index (κ2) is 10.2. The van der Waals surface area contributed by atoms with E-state index in [0.29, 0.717) is 17.1 Å². The molecular formula is C21H17BrClNO6S. The third-order valence-corrected chi connectivity index (χ3v) is 5.95. The van der Waals surface area contributed by atoms with Crippen LogP contribution in [-0.4, -0.2) is 42.8 Å². The molecule has 7 nitrogen and oxygen atoms in total. The molecule has 0 spiro atoms. The van der Waals surface area contributed by atoms with Crippen LogP contribution in [0, 0.1) is 0 Å². The lowest BCUT2D eigenvalue weighted by molar-refractivity contribution is -0.143. The van der Waals surface area contributed by atoms with E-state index < -0.39 is 23.7 Å². The van der Waals surface area contributed by atoms with Crippen molar-refractivity contribution in [3.63, 3.8) is 0 Å². The Bertz CT molecular complexity index is 1060. The van der Waals surface area contributed by atoms with E-state index in [1.54, 1.807) is 12.1 Å². The van der Waals surface area contributed by atoms with Gasteiger partial charge in [-0.2, -0.15) is 0 Å². The van der Waals surface area contributed by atoms with Crippen molar-refractivity contribution >= 4 is 62.5 Å². The normalized spacial score (nSPS) is 14.8. The lowest BCUT2D eigenvalue weighted by atomic mass is 10.1. The smallest absolute Gasteiger partial charge is 0.325 e. The molecule has 1 fully saturated rings. The van der Waals surface area contributed by atoms with E-state index in [2.05, 4.69) is 20.7 Å². The highest BCUT2D eigenvalue weighted by Crippen LogP contribution is 2.39. The largest absolute Gasteiger partial charge is 0.493 e. The molecule has 1 aliphatic rings. The topological polar surface area (TPSA) is 82.1 Å². The summed E-state index contributed by atoms with van der Waals surface area (Å²) in [5.41, 5.74) is 1.49. The molecule has 1 saturated heterocycles. The average Bonchev–Trinajstić information content (AvgIpc) is 3.01. The first kappa shape index (κ1) is 23.2. The zero-order valence-electron chi connectivity index (χ0n) is 16.5. The highest BCUT2D eigenvalue weighted by atomic mass is 79.9. The Morgan fingerprint density at radius 1 is 1.19 bits per heavy atom. The van der Waals surface area contributed by atoms with E-state index in [1.807, 2.05) is 24.3 Å². The number of thioether (sulfide) groups is 1. The van der Waals surface area contributed by atoms with E-state index in [4.69, 9.17) is 21.1 Å². The van der Waals surface area contributed by atoms with Crippen LogP contribution in [0.15, 0.2) is 45.8 Å². The molecule has 10 heteroatoms. The number of benzene rings is 2. The molecule has 0 unspecified atom stereocenters. The van der Waals surface area contributed by atoms with E-state index in [1.165, 1.54) is 20.3 Å². The SMILES string of the molecule is COC(=O)CN1C(=O)S/C(=C\c2cc(Cl)c(OCc3ccc(Br)cc3)c(OC)c2)C1=O. The zero-order valence-corrected chi connectivity index (χ0v) is 19.7. The van der Waals surface area contributed by atoms with Crippen LogP contribution in [0.1, 0.15) is 11.1 Å². The minimum atomic E-state index is -0.680. The van der Waals surface area contributed by atoms with Crippen LogP contribution in [-0.2, 0) is 20.9 Å². The van der Waals surface area contributed by atoms with Gasteiger partial charge in [0.05, 0.1) is 24.1 Å². The van der Waals surface area contributed by atoms with Crippen molar-refractivity contribution in [1.82, 2.24) is 4.90 Å². The van der Waals surface area contributed by atoms with Crippen LogP contribution in [0.5, 0.6) is 11.5 Å². The fraction of sp³-hybridized carbons (Fsp3) is 0.190. The molecule has 0 radical (unpaired) electrons. The molecular weight excluding hydrogens is 510 g/mol. The highest BCUT2D eigenvalue weighted by Gasteiger charge is 2.36. The van der Waals surface area contributed by atoms with Gasteiger partial charge in [-0.3, -0.25) is 19.3 Å². The van der Waals surface area contributed by atoms with Crippen LogP contribution >= 0.6 is 39.3 Å². The Morgan fingerprint density at radius 3 is 2.55 bits per heavy atom. The number of halogens is 2. The molecule has 1 aliphatic heterocycles. The number of esters is 1. The predicted molar refractivity (Wildman–Crippen MR) is 121 cm³/mol. The quantitative estimate of drug-likeness (QED) is 0.375. The van der Waals surface area contributed by atoms with E-state index in [9.17, 15) is 14.4 Å². The van der Waals surface area contributed by atoms with E-state index in [-0.39, 0.29) is 16.5 Å². The van der Waals surface area contributed by atoms with Gasteiger partial charge in [0.1, 0.15) is 13.2 Å². The summed E-state index contributed by atoms with van der Waals surface area (Å²) in [5, 5.41) is -0.259. The van der Waals surface area contributed by atoms with Crippen molar-refractivity contribution in [2.45, 2.75) is 6.61 Å². The summed E-state index contributed by atoms with van der Waals surface area (Å²) >= 11 is 10.5. The van der Waals surface area contributed by atoms with Gasteiger partial charge in [-0.05, 0) is 53.2 Å². The van der Waals surface area contributed by atoms with Gasteiger partial charge in [-0.15, -0.1) is 0 Å². The molecule has 31 heavy (non-hydrogen) atoms. The van der Waals surface area contributed by atoms with Gasteiger partial charge in [0.25, 0.3) is 11.1 Å². The first-order chi connectivity index (χ1) is 14.8.